The Morgan fingerprint density at radius 1 is 0.521 bits per heavy atom. The summed E-state index contributed by atoms with van der Waals surface area (Å²) in [7, 11) is 0. The molecule has 0 aliphatic carbocycles. The first kappa shape index (κ1) is 69.6. The largest absolute Gasteiger partial charge is 0.460 e. The van der Waals surface area contributed by atoms with Crippen molar-refractivity contribution in [3.05, 3.63) is 0 Å². The van der Waals surface area contributed by atoms with Gasteiger partial charge in [0.1, 0.15) is 42.1 Å². The van der Waals surface area contributed by atoms with Gasteiger partial charge in [0.25, 0.3) is 0 Å². The Labute approximate surface area is 444 Å². The summed E-state index contributed by atoms with van der Waals surface area (Å²) >= 11 is 1.15. The SMILES string of the molecule is CCCCCCCCCCCCCCCC(=O)O[C@H](COC(=O)CN(CCCOCCOCCOCC)C(=O)OC(C)(C)C)CSC[C@H](NC(=O)OC(C)(C)C)C(=O)N[C@@H](COC(C)(C)C)C(=O)OC(C)(C)C. The molecular formula is C54H101N3O15S. The lowest BCUT2D eigenvalue weighted by molar-refractivity contribution is -0.162. The Kier molecular flexibility index (Phi) is 37.2. The molecule has 0 bridgehead atoms. The minimum absolute atomic E-state index is 0.0441. The zero-order valence-electron chi connectivity index (χ0n) is 47.8. The van der Waals surface area contributed by atoms with Gasteiger partial charge in [0.2, 0.25) is 5.91 Å². The monoisotopic (exact) mass is 1060 g/mol. The summed E-state index contributed by atoms with van der Waals surface area (Å²) in [4.78, 5) is 81.6. The van der Waals surface area contributed by atoms with Gasteiger partial charge in [-0.25, -0.2) is 14.4 Å². The summed E-state index contributed by atoms with van der Waals surface area (Å²) in [5, 5.41) is 5.30. The van der Waals surface area contributed by atoms with Crippen molar-refractivity contribution < 1.29 is 71.4 Å². The highest BCUT2D eigenvalue weighted by atomic mass is 32.2. The molecule has 2 N–H and O–H groups in total. The van der Waals surface area contributed by atoms with E-state index in [2.05, 4.69) is 17.6 Å². The van der Waals surface area contributed by atoms with Crippen LogP contribution in [0.4, 0.5) is 9.59 Å². The number of carbonyl (C=O) groups is 6. The summed E-state index contributed by atoms with van der Waals surface area (Å²) in [5.74, 6) is -2.69. The van der Waals surface area contributed by atoms with Crippen LogP contribution in [-0.2, 0) is 61.8 Å². The maximum Gasteiger partial charge on any atom is 0.410 e. The normalized spacial score (nSPS) is 13.3. The van der Waals surface area contributed by atoms with E-state index in [1.807, 2.05) is 27.7 Å². The molecule has 0 radical (unpaired) electrons. The molecular weight excluding hydrogens is 963 g/mol. The molecule has 0 aromatic heterocycles. The molecule has 3 amide bonds. The first-order valence-corrected chi connectivity index (χ1v) is 28.1. The number of rotatable bonds is 40. The molecule has 0 spiro atoms. The van der Waals surface area contributed by atoms with Crippen molar-refractivity contribution in [2.75, 3.05) is 77.5 Å². The van der Waals surface area contributed by atoms with Crippen LogP contribution < -0.4 is 10.6 Å². The number of hydrogen-bond acceptors (Lipinski definition) is 16. The van der Waals surface area contributed by atoms with Gasteiger partial charge in [-0.15, -0.1) is 0 Å². The number of carbonyl (C=O) groups excluding carboxylic acids is 6. The van der Waals surface area contributed by atoms with Gasteiger partial charge in [-0.3, -0.25) is 19.3 Å². The third-order valence-corrected chi connectivity index (χ3v) is 11.3. The maximum atomic E-state index is 14.0. The number of thioether (sulfide) groups is 1. The van der Waals surface area contributed by atoms with Crippen LogP contribution in [0, 0.1) is 0 Å². The molecule has 0 fully saturated rings. The highest BCUT2D eigenvalue weighted by Crippen LogP contribution is 2.18. The molecule has 0 unspecified atom stereocenters. The maximum absolute atomic E-state index is 14.0. The van der Waals surface area contributed by atoms with E-state index < -0.39 is 83.1 Å². The van der Waals surface area contributed by atoms with Gasteiger partial charge in [0, 0.05) is 37.7 Å². The molecule has 3 atom stereocenters. The lowest BCUT2D eigenvalue weighted by atomic mass is 10.0. The molecule has 0 heterocycles. The van der Waals surface area contributed by atoms with Crippen molar-refractivity contribution in [3.8, 4) is 0 Å². The van der Waals surface area contributed by atoms with E-state index in [9.17, 15) is 28.8 Å². The van der Waals surface area contributed by atoms with Crippen molar-refractivity contribution in [3.63, 3.8) is 0 Å². The van der Waals surface area contributed by atoms with Crippen LogP contribution >= 0.6 is 11.8 Å². The fourth-order valence-electron chi connectivity index (χ4n) is 6.64. The Balaban J connectivity index is 6.07. The van der Waals surface area contributed by atoms with E-state index >= 15 is 0 Å². The third kappa shape index (κ3) is 43.5. The first-order valence-electron chi connectivity index (χ1n) is 26.9. The highest BCUT2D eigenvalue weighted by molar-refractivity contribution is 7.99. The van der Waals surface area contributed by atoms with Gasteiger partial charge in [0.15, 0.2) is 6.04 Å². The smallest absolute Gasteiger partial charge is 0.410 e. The van der Waals surface area contributed by atoms with Crippen LogP contribution in [0.3, 0.4) is 0 Å². The summed E-state index contributed by atoms with van der Waals surface area (Å²) in [5.41, 5.74) is -3.24. The van der Waals surface area contributed by atoms with Crippen molar-refractivity contribution in [1.29, 1.82) is 0 Å². The molecule has 19 heteroatoms. The molecule has 73 heavy (non-hydrogen) atoms. The molecule has 0 aromatic carbocycles. The summed E-state index contributed by atoms with van der Waals surface area (Å²) in [6, 6.07) is -2.47. The van der Waals surface area contributed by atoms with Crippen molar-refractivity contribution >= 4 is 47.8 Å². The third-order valence-electron chi connectivity index (χ3n) is 10.1. The van der Waals surface area contributed by atoms with Crippen LogP contribution in [-0.4, -0.2) is 159 Å². The Bertz CT molecular complexity index is 1520. The zero-order valence-corrected chi connectivity index (χ0v) is 48.6. The van der Waals surface area contributed by atoms with E-state index in [1.54, 1.807) is 62.3 Å². The molecule has 0 aliphatic heterocycles. The molecule has 0 saturated carbocycles. The standard InChI is InChI=1S/C54H101N3O15S/c1-15-17-18-19-20-21-22-23-24-25-26-27-28-30-45(58)69-42(38-67-46(59)37-57(50(63)72-54(12,13)14)31-29-32-65-35-36-66-34-33-64-16-2)40-73-41-44(56-49(62)71-53(9,10)11)47(60)55-43(39-68-51(3,4)5)48(61)70-52(6,7)8/h42-44H,15-41H2,1-14H3,(H,55,60)(H,56,62)/t42-,43+,44+/m1/s1. The molecule has 428 valence electrons. The number of hydrogen-bond donors (Lipinski definition) is 2. The predicted octanol–water partition coefficient (Wildman–Crippen LogP) is 9.89. The minimum atomic E-state index is -1.25. The first-order chi connectivity index (χ1) is 34.1. The summed E-state index contributed by atoms with van der Waals surface area (Å²) in [6.07, 6.45) is 13.1. The molecule has 0 saturated heterocycles. The van der Waals surface area contributed by atoms with Crippen molar-refractivity contribution in [1.82, 2.24) is 15.5 Å². The molecule has 0 aromatic rings. The number of nitrogens with one attached hydrogen (secondary N) is 2. The Morgan fingerprint density at radius 3 is 1.56 bits per heavy atom. The average molecular weight is 1060 g/mol. The average Bonchev–Trinajstić information content (AvgIpc) is 3.26. The molecule has 0 aliphatic rings. The minimum Gasteiger partial charge on any atom is -0.460 e. The number of nitrogens with zero attached hydrogens (tertiary/aromatic N) is 1. The van der Waals surface area contributed by atoms with E-state index in [4.69, 9.17) is 42.6 Å². The predicted molar refractivity (Wildman–Crippen MR) is 286 cm³/mol. The van der Waals surface area contributed by atoms with Crippen molar-refractivity contribution in [2.45, 2.75) is 234 Å². The number of amides is 3. The van der Waals surface area contributed by atoms with Gasteiger partial charge >= 0.3 is 30.1 Å². The second-order valence-electron chi connectivity index (χ2n) is 22.2. The fourth-order valence-corrected chi connectivity index (χ4v) is 7.67. The second-order valence-corrected chi connectivity index (χ2v) is 23.3. The lowest BCUT2D eigenvalue weighted by Gasteiger charge is -2.29. The van der Waals surface area contributed by atoms with Gasteiger partial charge < -0.3 is 53.3 Å². The van der Waals surface area contributed by atoms with Crippen LogP contribution in [0.15, 0.2) is 0 Å². The number of esters is 3. The fraction of sp³-hybridized carbons (Fsp3) is 0.889. The van der Waals surface area contributed by atoms with Gasteiger partial charge in [0.05, 0.1) is 38.6 Å². The summed E-state index contributed by atoms with van der Waals surface area (Å²) in [6.45, 7) is 26.6. The lowest BCUT2D eigenvalue weighted by Crippen LogP contribution is -2.55. The van der Waals surface area contributed by atoms with E-state index in [0.29, 0.717) is 52.5 Å². The van der Waals surface area contributed by atoms with E-state index in [0.717, 1.165) is 31.0 Å². The number of unbranched alkanes of at least 4 members (excludes halogenated alkanes) is 12. The number of alkyl carbamates (subject to hydrolysis) is 1. The molecule has 18 nitrogen and oxygen atoms in total. The van der Waals surface area contributed by atoms with Gasteiger partial charge in [-0.05, 0) is 103 Å². The van der Waals surface area contributed by atoms with Gasteiger partial charge in [-0.2, -0.15) is 11.8 Å². The summed E-state index contributed by atoms with van der Waals surface area (Å²) < 4.78 is 50.5. The second kappa shape index (κ2) is 39.1. The van der Waals surface area contributed by atoms with E-state index in [1.165, 1.54) is 62.7 Å². The van der Waals surface area contributed by atoms with Crippen molar-refractivity contribution in [2.24, 2.45) is 0 Å². The zero-order chi connectivity index (χ0) is 55.4. The number of ether oxygens (including phenoxy) is 9. The Morgan fingerprint density at radius 2 is 1.04 bits per heavy atom. The van der Waals surface area contributed by atoms with Gasteiger partial charge in [-0.1, -0.05) is 84.0 Å². The topological polar surface area (TPSA) is 213 Å². The van der Waals surface area contributed by atoms with Crippen LogP contribution in [0.2, 0.25) is 0 Å². The quantitative estimate of drug-likeness (QED) is 0.0332. The van der Waals surface area contributed by atoms with Crippen LogP contribution in [0.25, 0.3) is 0 Å². The van der Waals surface area contributed by atoms with Crippen LogP contribution in [0.1, 0.15) is 193 Å². The highest BCUT2D eigenvalue weighted by Gasteiger charge is 2.33. The van der Waals surface area contributed by atoms with E-state index in [-0.39, 0.29) is 37.7 Å². The molecule has 0 rings (SSSR count). The van der Waals surface area contributed by atoms with Crippen LogP contribution in [0.5, 0.6) is 0 Å². The Hall–Kier alpha value is -3.39.